The number of fused-ring (bicyclic) bond motifs is 4. The standard InChI is InChI=1S/C19H20N.2C18H18N.C17H16N.C2H6/c1-13-11-14(2)15(3)17(12-13)19-10-9-16-7-5-6-8-18(16)20(19)4;2*1-13-8-10-16(14(2)12-13)18-11-9-15-6-4-5-7-17(15)19(18)3;1-13-7-3-5-9-15(13)17-12-11-14-8-4-6-10-16(14)18(17)2;1-2/h5-12H,1-4H3;2*4-12H,1-3H3;3-12H,1-2H3;1-2H3/q4*+1;/i;1D3;;;. The molecule has 4 heteroatoms. The molecular formula is C74H78N4+4. The van der Waals surface area contributed by atoms with Gasteiger partial charge in [0.15, 0.2) is 0 Å². The molecule has 0 radical (unpaired) electrons. The highest BCUT2D eigenvalue weighted by atomic mass is 15.0. The van der Waals surface area contributed by atoms with E-state index in [4.69, 9.17) is 4.11 Å². The van der Waals surface area contributed by atoms with E-state index >= 15 is 0 Å². The van der Waals surface area contributed by atoms with Crippen LogP contribution in [-0.4, -0.2) is 0 Å². The highest BCUT2D eigenvalue weighted by molar-refractivity contribution is 5.81. The second-order valence-corrected chi connectivity index (χ2v) is 20.3. The number of pyridine rings is 4. The van der Waals surface area contributed by atoms with Crippen LogP contribution in [0.3, 0.4) is 0 Å². The Morgan fingerprint density at radius 1 is 0.269 bits per heavy atom. The van der Waals surface area contributed by atoms with Gasteiger partial charge in [-0.2, -0.15) is 18.3 Å². The summed E-state index contributed by atoms with van der Waals surface area (Å²) in [6.07, 6.45) is 0. The van der Waals surface area contributed by atoms with E-state index in [1.54, 1.807) is 12.1 Å². The van der Waals surface area contributed by atoms with Crippen LogP contribution in [0.4, 0.5) is 0 Å². The molecule has 0 atom stereocenters. The summed E-state index contributed by atoms with van der Waals surface area (Å²) in [5, 5.41) is 5.02. The van der Waals surface area contributed by atoms with Crippen molar-refractivity contribution in [3.8, 4) is 45.0 Å². The zero-order valence-electron chi connectivity index (χ0n) is 51.1. The second kappa shape index (κ2) is 25.0. The molecule has 12 aromatic rings. The van der Waals surface area contributed by atoms with Gasteiger partial charge in [-0.25, -0.2) is 0 Å². The quantitative estimate of drug-likeness (QED) is 0.156. The highest BCUT2D eigenvalue weighted by Gasteiger charge is 2.19. The summed E-state index contributed by atoms with van der Waals surface area (Å²) in [6.45, 7) is 16.9. The van der Waals surface area contributed by atoms with Crippen molar-refractivity contribution in [2.45, 2.75) is 69.2 Å². The molecule has 0 bridgehead atoms. The molecular weight excluding hydrogens is 945 g/mol. The number of benzene rings is 8. The molecule has 390 valence electrons. The Morgan fingerprint density at radius 2 is 0.590 bits per heavy atom. The van der Waals surface area contributed by atoms with Crippen molar-refractivity contribution in [3.63, 3.8) is 0 Å². The van der Waals surface area contributed by atoms with E-state index in [1.165, 1.54) is 105 Å². The number of hydrogen-bond donors (Lipinski definition) is 0. The Morgan fingerprint density at radius 3 is 0.974 bits per heavy atom. The van der Waals surface area contributed by atoms with E-state index in [0.717, 1.165) is 22.3 Å². The van der Waals surface area contributed by atoms with Gasteiger partial charge in [0, 0.05) is 96.4 Å². The van der Waals surface area contributed by atoms with E-state index in [9.17, 15) is 0 Å². The number of para-hydroxylation sites is 4. The summed E-state index contributed by atoms with van der Waals surface area (Å²) in [5.41, 5.74) is 24.1. The molecule has 4 aromatic heterocycles. The smallest absolute Gasteiger partial charge is 0.194 e. The molecule has 0 aliphatic heterocycles. The number of aryl methyl sites for hydroxylation is 11. The molecule has 4 nitrogen and oxygen atoms in total. The van der Waals surface area contributed by atoms with E-state index in [-0.39, 0.29) is 0 Å². The fourth-order valence-electron chi connectivity index (χ4n) is 10.7. The summed E-state index contributed by atoms with van der Waals surface area (Å²) in [6, 6.07) is 76.2. The molecule has 0 saturated heterocycles. The molecule has 0 aliphatic carbocycles. The van der Waals surface area contributed by atoms with Crippen LogP contribution in [-0.2, 0) is 28.2 Å². The monoisotopic (exact) mass is 1030 g/mol. The first-order valence-corrected chi connectivity index (χ1v) is 27.2. The predicted octanol–water partition coefficient (Wildman–Crippen LogP) is 16.8. The van der Waals surface area contributed by atoms with Crippen LogP contribution in [0.2, 0.25) is 0 Å². The Bertz CT molecular complexity index is 4210. The number of rotatable bonds is 4. The maximum Gasteiger partial charge on any atom is 0.213 e. The zero-order valence-corrected chi connectivity index (χ0v) is 48.1. The van der Waals surface area contributed by atoms with Gasteiger partial charge in [-0.05, 0) is 156 Å². The summed E-state index contributed by atoms with van der Waals surface area (Å²) in [5.74, 6) is 0. The number of hydrogen-bond acceptors (Lipinski definition) is 0. The average Bonchev–Trinajstić information content (AvgIpc) is 3.50. The van der Waals surface area contributed by atoms with Gasteiger partial charge in [0.1, 0.15) is 28.2 Å². The van der Waals surface area contributed by atoms with Gasteiger partial charge >= 0.3 is 0 Å². The average molecular weight is 1030 g/mol. The van der Waals surface area contributed by atoms with Crippen LogP contribution in [0, 0.1) is 55.3 Å². The van der Waals surface area contributed by atoms with Gasteiger partial charge in [0.25, 0.3) is 0 Å². The number of nitrogens with zero attached hydrogens (tertiary/aromatic N) is 4. The Hall–Kier alpha value is -8.60. The zero-order chi connectivity index (χ0) is 58.1. The van der Waals surface area contributed by atoms with Crippen LogP contribution in [0.1, 0.15) is 62.5 Å². The topological polar surface area (TPSA) is 15.5 Å². The molecule has 0 saturated carbocycles. The van der Waals surface area contributed by atoms with Crippen molar-refractivity contribution in [2.24, 2.45) is 28.2 Å². The molecule has 0 N–H and O–H groups in total. The fraction of sp³-hybridized carbons (Fsp3) is 0.189. The Kier molecular flexibility index (Phi) is 16.5. The molecule has 12 rings (SSSR count). The van der Waals surface area contributed by atoms with Gasteiger partial charge < -0.3 is 0 Å². The Labute approximate surface area is 469 Å². The molecule has 0 fully saturated rings. The van der Waals surface area contributed by atoms with Crippen molar-refractivity contribution >= 4 is 43.6 Å². The molecule has 4 heterocycles. The minimum atomic E-state index is -2.06. The summed E-state index contributed by atoms with van der Waals surface area (Å²) in [4.78, 5) is 0. The molecule has 8 aromatic carbocycles. The van der Waals surface area contributed by atoms with Gasteiger partial charge in [0.2, 0.25) is 44.8 Å². The first-order chi connectivity index (χ1) is 38.9. The highest BCUT2D eigenvalue weighted by Crippen LogP contribution is 2.28. The normalized spacial score (nSPS) is 11.4. The third kappa shape index (κ3) is 12.1. The van der Waals surface area contributed by atoms with Crippen molar-refractivity contribution in [1.82, 2.24) is 0 Å². The van der Waals surface area contributed by atoms with E-state index in [0.29, 0.717) is 5.56 Å². The molecule has 0 spiro atoms. The molecule has 0 unspecified atom stereocenters. The molecule has 0 amide bonds. The maximum absolute atomic E-state index is 7.52. The van der Waals surface area contributed by atoms with Crippen molar-refractivity contribution < 1.29 is 22.4 Å². The van der Waals surface area contributed by atoms with E-state index in [2.05, 4.69) is 269 Å². The summed E-state index contributed by atoms with van der Waals surface area (Å²) < 4.78 is 31.5. The lowest BCUT2D eigenvalue weighted by Crippen LogP contribution is -2.32. The van der Waals surface area contributed by atoms with Crippen molar-refractivity contribution in [2.75, 3.05) is 0 Å². The maximum atomic E-state index is 7.52. The SMILES string of the molecule is CC.Cc1cc(C)c(C)c(-c2ccc3ccccc3[n+]2C)c1.Cc1ccc(-c2ccc3ccccc3[n+]2C)c(C)c1.Cc1ccccc1-c1ccc2ccccc2[n+]1C.[2H]C([2H])([2H])c1ccc(-c2ccc3ccccc3[n+]2C)c(C)c1. The largest absolute Gasteiger partial charge is 0.213 e. The van der Waals surface area contributed by atoms with E-state index in [1.807, 2.05) is 46.0 Å². The van der Waals surface area contributed by atoms with Crippen LogP contribution in [0.25, 0.3) is 88.6 Å². The van der Waals surface area contributed by atoms with Crippen molar-refractivity contribution in [3.05, 3.63) is 263 Å². The van der Waals surface area contributed by atoms with Crippen LogP contribution in [0.15, 0.2) is 218 Å². The van der Waals surface area contributed by atoms with Gasteiger partial charge in [-0.3, -0.25) is 0 Å². The Balaban J connectivity index is 0.000000140. The third-order valence-electron chi connectivity index (χ3n) is 15.0. The van der Waals surface area contributed by atoms with Gasteiger partial charge in [-0.15, -0.1) is 0 Å². The van der Waals surface area contributed by atoms with Crippen LogP contribution >= 0.6 is 0 Å². The van der Waals surface area contributed by atoms with Gasteiger partial charge in [0.05, 0.1) is 0 Å². The van der Waals surface area contributed by atoms with Crippen LogP contribution < -0.4 is 18.3 Å². The first-order valence-electron chi connectivity index (χ1n) is 28.7. The minimum Gasteiger partial charge on any atom is -0.194 e. The number of aromatic nitrogens is 4. The lowest BCUT2D eigenvalue weighted by atomic mass is 9.97. The second-order valence-electron chi connectivity index (χ2n) is 20.3. The van der Waals surface area contributed by atoms with Crippen LogP contribution in [0.5, 0.6) is 0 Å². The van der Waals surface area contributed by atoms with E-state index < -0.39 is 6.85 Å². The minimum absolute atomic E-state index is 0.386. The molecule has 78 heavy (non-hydrogen) atoms. The first kappa shape index (κ1) is 51.5. The van der Waals surface area contributed by atoms with Gasteiger partial charge in [-0.1, -0.05) is 128 Å². The third-order valence-corrected chi connectivity index (χ3v) is 15.0. The summed E-state index contributed by atoms with van der Waals surface area (Å²) in [7, 11) is 8.45. The predicted molar refractivity (Wildman–Crippen MR) is 331 cm³/mol. The lowest BCUT2D eigenvalue weighted by molar-refractivity contribution is -0.633. The fourth-order valence-corrected chi connectivity index (χ4v) is 10.7. The van der Waals surface area contributed by atoms with Crippen molar-refractivity contribution in [1.29, 1.82) is 0 Å². The summed E-state index contributed by atoms with van der Waals surface area (Å²) >= 11 is 0. The lowest BCUT2D eigenvalue weighted by Gasteiger charge is -2.10. The molecule has 0 aliphatic rings.